The fourth-order valence-corrected chi connectivity index (χ4v) is 1.44. The van der Waals surface area contributed by atoms with Crippen molar-refractivity contribution in [2.24, 2.45) is 5.92 Å². The first-order valence-corrected chi connectivity index (χ1v) is 5.38. The number of carbonyl (C=O) groups is 1. The minimum Gasteiger partial charge on any atom is -0.298 e. The number of alkyl halides is 2. The Morgan fingerprint density at radius 1 is 1.36 bits per heavy atom. The van der Waals surface area contributed by atoms with Crippen molar-refractivity contribution in [2.45, 2.75) is 36.8 Å². The molecule has 2 unspecified atom stereocenters. The summed E-state index contributed by atoms with van der Waals surface area (Å²) in [6, 6.07) is 0. The van der Waals surface area contributed by atoms with Crippen molar-refractivity contribution >= 4 is 37.6 Å². The smallest absolute Gasteiger partial charge is 0.152 e. The second kappa shape index (κ2) is 4.04. The number of Topliss-reactive ketones (excluding diaryl/α,β-unsaturated/α-hetero) is 1. The lowest BCUT2D eigenvalue weighted by atomic mass is 9.95. The molecule has 0 aromatic heterocycles. The topological polar surface area (TPSA) is 17.1 Å². The molecule has 0 heterocycles. The average molecular weight is 286 g/mol. The number of carbonyl (C=O) groups excluding carboxylic acids is 1. The summed E-state index contributed by atoms with van der Waals surface area (Å²) in [5, 5.41) is 0. The van der Waals surface area contributed by atoms with Gasteiger partial charge in [0, 0.05) is 10.7 Å². The van der Waals surface area contributed by atoms with Gasteiger partial charge in [0.25, 0.3) is 0 Å². The molecule has 2 atom stereocenters. The SMILES string of the molecule is CC(C)C(=O)C(C)(Br)C(C)Br. The van der Waals surface area contributed by atoms with Crippen molar-refractivity contribution < 1.29 is 4.79 Å². The van der Waals surface area contributed by atoms with Crippen LogP contribution in [0.3, 0.4) is 0 Å². The van der Waals surface area contributed by atoms with Gasteiger partial charge in [0.2, 0.25) is 0 Å². The van der Waals surface area contributed by atoms with Crippen LogP contribution >= 0.6 is 31.9 Å². The largest absolute Gasteiger partial charge is 0.298 e. The predicted octanol–water partition coefficient (Wildman–Crippen LogP) is 3.15. The van der Waals surface area contributed by atoms with Crippen molar-refractivity contribution in [1.82, 2.24) is 0 Å². The van der Waals surface area contributed by atoms with Gasteiger partial charge in [0.15, 0.2) is 5.78 Å². The maximum absolute atomic E-state index is 11.5. The standard InChI is InChI=1S/C8H14Br2O/c1-5(2)7(11)8(4,10)6(3)9/h5-6H,1-4H3. The van der Waals surface area contributed by atoms with E-state index in [0.717, 1.165) is 0 Å². The Labute approximate surface area is 85.2 Å². The third-order valence-corrected chi connectivity index (χ3v) is 4.36. The maximum atomic E-state index is 11.5. The first-order valence-electron chi connectivity index (χ1n) is 3.67. The summed E-state index contributed by atoms with van der Waals surface area (Å²) < 4.78 is -0.429. The monoisotopic (exact) mass is 284 g/mol. The highest BCUT2D eigenvalue weighted by atomic mass is 79.9. The molecule has 0 aliphatic rings. The van der Waals surface area contributed by atoms with E-state index < -0.39 is 4.32 Å². The van der Waals surface area contributed by atoms with Crippen molar-refractivity contribution in [3.8, 4) is 0 Å². The molecule has 0 bridgehead atoms. The van der Waals surface area contributed by atoms with Crippen LogP contribution in [0.1, 0.15) is 27.7 Å². The minimum absolute atomic E-state index is 0.0828. The lowest BCUT2D eigenvalue weighted by Gasteiger charge is -2.25. The summed E-state index contributed by atoms with van der Waals surface area (Å²) in [7, 11) is 0. The molecule has 0 aliphatic heterocycles. The van der Waals surface area contributed by atoms with Gasteiger partial charge in [-0.1, -0.05) is 52.6 Å². The van der Waals surface area contributed by atoms with E-state index in [1.807, 2.05) is 27.7 Å². The zero-order chi connectivity index (χ0) is 9.23. The molecular weight excluding hydrogens is 272 g/mol. The second-order valence-electron chi connectivity index (χ2n) is 3.21. The molecule has 1 nitrogen and oxygen atoms in total. The summed E-state index contributed by atoms with van der Waals surface area (Å²) in [6.07, 6.45) is 0. The van der Waals surface area contributed by atoms with Gasteiger partial charge in [0.05, 0.1) is 4.32 Å². The normalized spacial score (nSPS) is 19.5. The van der Waals surface area contributed by atoms with Crippen LogP contribution in [0.5, 0.6) is 0 Å². The van der Waals surface area contributed by atoms with E-state index in [4.69, 9.17) is 0 Å². The molecule has 0 rings (SSSR count). The molecule has 0 aromatic carbocycles. The lowest BCUT2D eigenvalue weighted by molar-refractivity contribution is -0.123. The van der Waals surface area contributed by atoms with Crippen LogP contribution in [-0.4, -0.2) is 14.9 Å². The Balaban J connectivity index is 4.43. The van der Waals surface area contributed by atoms with Crippen LogP contribution in [0.25, 0.3) is 0 Å². The van der Waals surface area contributed by atoms with E-state index in [-0.39, 0.29) is 16.5 Å². The van der Waals surface area contributed by atoms with Crippen molar-refractivity contribution in [3.63, 3.8) is 0 Å². The number of hydrogen-bond donors (Lipinski definition) is 0. The first kappa shape index (κ1) is 11.6. The van der Waals surface area contributed by atoms with Gasteiger partial charge in [-0.3, -0.25) is 4.79 Å². The molecule has 0 saturated heterocycles. The number of hydrogen-bond acceptors (Lipinski definition) is 1. The Kier molecular flexibility index (Phi) is 4.27. The van der Waals surface area contributed by atoms with E-state index in [1.165, 1.54) is 0 Å². The Bertz CT molecular complexity index is 150. The number of ketones is 1. The summed E-state index contributed by atoms with van der Waals surface area (Å²) in [4.78, 5) is 11.7. The number of rotatable bonds is 3. The van der Waals surface area contributed by atoms with Crippen molar-refractivity contribution in [1.29, 1.82) is 0 Å². The minimum atomic E-state index is -0.429. The second-order valence-corrected chi connectivity index (χ2v) is 6.23. The highest BCUT2D eigenvalue weighted by Gasteiger charge is 2.35. The van der Waals surface area contributed by atoms with Crippen LogP contribution < -0.4 is 0 Å². The summed E-state index contributed by atoms with van der Waals surface area (Å²) in [5.41, 5.74) is 0. The molecule has 0 N–H and O–H groups in total. The molecule has 66 valence electrons. The van der Waals surface area contributed by atoms with Gasteiger partial charge >= 0.3 is 0 Å². The van der Waals surface area contributed by atoms with Gasteiger partial charge in [-0.05, 0) is 6.92 Å². The molecule has 0 spiro atoms. The van der Waals surface area contributed by atoms with Gasteiger partial charge in [-0.15, -0.1) is 0 Å². The van der Waals surface area contributed by atoms with Crippen LogP contribution in [0.15, 0.2) is 0 Å². The quantitative estimate of drug-likeness (QED) is 0.728. The summed E-state index contributed by atoms with van der Waals surface area (Å²) in [6.45, 7) is 7.69. The summed E-state index contributed by atoms with van der Waals surface area (Å²) in [5.74, 6) is 0.321. The highest BCUT2D eigenvalue weighted by molar-refractivity contribution is 9.12. The molecule has 3 heteroatoms. The first-order chi connectivity index (χ1) is 4.80. The van der Waals surface area contributed by atoms with E-state index >= 15 is 0 Å². The van der Waals surface area contributed by atoms with Crippen LogP contribution in [-0.2, 0) is 4.79 Å². The van der Waals surface area contributed by atoms with Gasteiger partial charge in [-0.25, -0.2) is 0 Å². The van der Waals surface area contributed by atoms with Crippen molar-refractivity contribution in [3.05, 3.63) is 0 Å². The van der Waals surface area contributed by atoms with E-state index in [2.05, 4.69) is 31.9 Å². The Morgan fingerprint density at radius 3 is 1.82 bits per heavy atom. The van der Waals surface area contributed by atoms with E-state index in [9.17, 15) is 4.79 Å². The van der Waals surface area contributed by atoms with Crippen LogP contribution in [0, 0.1) is 5.92 Å². The Morgan fingerprint density at radius 2 is 1.73 bits per heavy atom. The summed E-state index contributed by atoms with van der Waals surface area (Å²) >= 11 is 6.81. The fourth-order valence-electron chi connectivity index (χ4n) is 0.760. The third-order valence-electron chi connectivity index (χ3n) is 1.75. The lowest BCUT2D eigenvalue weighted by Crippen LogP contribution is -2.38. The number of halogens is 2. The maximum Gasteiger partial charge on any atom is 0.152 e. The van der Waals surface area contributed by atoms with E-state index in [1.54, 1.807) is 0 Å². The van der Waals surface area contributed by atoms with Gasteiger partial charge in [0.1, 0.15) is 0 Å². The van der Waals surface area contributed by atoms with Gasteiger partial charge in [-0.2, -0.15) is 0 Å². The molecule has 0 aromatic rings. The molecule has 0 radical (unpaired) electrons. The molecule has 0 saturated carbocycles. The zero-order valence-electron chi connectivity index (χ0n) is 7.32. The zero-order valence-corrected chi connectivity index (χ0v) is 10.5. The predicted molar refractivity (Wildman–Crippen MR) is 55.6 cm³/mol. The van der Waals surface area contributed by atoms with Crippen molar-refractivity contribution in [2.75, 3.05) is 0 Å². The third kappa shape index (κ3) is 2.86. The van der Waals surface area contributed by atoms with Gasteiger partial charge < -0.3 is 0 Å². The molecular formula is C8H14Br2O. The molecule has 11 heavy (non-hydrogen) atoms. The van der Waals surface area contributed by atoms with E-state index in [0.29, 0.717) is 0 Å². The van der Waals surface area contributed by atoms with Crippen LogP contribution in [0.4, 0.5) is 0 Å². The fraction of sp³-hybridized carbons (Fsp3) is 0.875. The molecule has 0 fully saturated rings. The molecule has 0 amide bonds. The highest BCUT2D eigenvalue weighted by Crippen LogP contribution is 2.30. The molecule has 0 aliphatic carbocycles. The average Bonchev–Trinajstić information content (AvgIpc) is 1.85. The Hall–Kier alpha value is 0.630. The van der Waals surface area contributed by atoms with Crippen LogP contribution in [0.2, 0.25) is 0 Å².